The van der Waals surface area contributed by atoms with Crippen LogP contribution in [0.2, 0.25) is 0 Å². The maximum absolute atomic E-state index is 12.1. The number of benzene rings is 2. The largest absolute Gasteiger partial charge is 0.508 e. The lowest BCUT2D eigenvalue weighted by Crippen LogP contribution is -2.17. The fraction of sp³-hybridized carbons (Fsp3) is 0. The van der Waals surface area contributed by atoms with Gasteiger partial charge in [-0.05, 0) is 57.9 Å². The van der Waals surface area contributed by atoms with Crippen LogP contribution < -0.4 is 10.9 Å². The molecule has 2 aromatic rings. The fourth-order valence-corrected chi connectivity index (χ4v) is 2.31. The Bertz CT molecular complexity index is 850. The molecule has 2 rings (SSSR count). The number of hydroxylamine groups is 1. The van der Waals surface area contributed by atoms with E-state index in [0.717, 1.165) is 6.08 Å². The number of halogens is 1. The number of carbonyl (C=O) groups excluding carboxylic acids is 2. The smallest absolute Gasteiger partial charge is 0.271 e. The molecular weight excluding hydrogens is 390 g/mol. The number of phenols is 1. The molecule has 0 atom stereocenters. The van der Waals surface area contributed by atoms with Crippen LogP contribution in [-0.4, -0.2) is 28.3 Å². The first-order chi connectivity index (χ1) is 12.0. The van der Waals surface area contributed by atoms with Crippen LogP contribution >= 0.6 is 15.9 Å². The summed E-state index contributed by atoms with van der Waals surface area (Å²) in [4.78, 5) is 23.1. The van der Waals surface area contributed by atoms with E-state index in [1.165, 1.54) is 29.9 Å². The molecule has 0 saturated heterocycles. The van der Waals surface area contributed by atoms with Gasteiger partial charge in [0, 0.05) is 21.7 Å². The van der Waals surface area contributed by atoms with E-state index in [0.29, 0.717) is 21.2 Å². The number of hydrogen-bond donors (Lipinski definition) is 4. The van der Waals surface area contributed by atoms with Gasteiger partial charge in [0.2, 0.25) is 0 Å². The van der Waals surface area contributed by atoms with Crippen molar-refractivity contribution in [3.05, 3.63) is 69.7 Å². The highest BCUT2D eigenvalue weighted by Crippen LogP contribution is 2.20. The molecule has 0 aliphatic carbocycles. The molecule has 0 bridgehead atoms. The van der Waals surface area contributed by atoms with Crippen LogP contribution in [0.15, 0.2) is 58.1 Å². The fourth-order valence-electron chi connectivity index (χ4n) is 1.84. The number of amides is 2. The van der Waals surface area contributed by atoms with Gasteiger partial charge in [0.05, 0.1) is 6.21 Å². The van der Waals surface area contributed by atoms with Crippen molar-refractivity contribution in [1.29, 1.82) is 0 Å². The molecule has 0 saturated carbocycles. The lowest BCUT2D eigenvalue weighted by atomic mass is 10.1. The van der Waals surface area contributed by atoms with Crippen molar-refractivity contribution in [2.24, 2.45) is 5.10 Å². The summed E-state index contributed by atoms with van der Waals surface area (Å²) in [6, 6.07) is 11.2. The van der Waals surface area contributed by atoms with Gasteiger partial charge in [-0.1, -0.05) is 12.1 Å². The zero-order chi connectivity index (χ0) is 18.2. The minimum atomic E-state index is -0.668. The molecule has 0 aromatic heterocycles. The van der Waals surface area contributed by atoms with Gasteiger partial charge in [-0.3, -0.25) is 14.8 Å². The summed E-state index contributed by atoms with van der Waals surface area (Å²) in [5.74, 6) is -0.972. The third kappa shape index (κ3) is 5.55. The molecule has 8 heteroatoms. The Morgan fingerprint density at radius 3 is 2.68 bits per heavy atom. The van der Waals surface area contributed by atoms with Crippen LogP contribution in [0, 0.1) is 0 Å². The maximum Gasteiger partial charge on any atom is 0.271 e. The van der Waals surface area contributed by atoms with Gasteiger partial charge < -0.3 is 5.11 Å². The van der Waals surface area contributed by atoms with Gasteiger partial charge in [-0.2, -0.15) is 5.10 Å². The summed E-state index contributed by atoms with van der Waals surface area (Å²) in [5, 5.41) is 21.6. The topological polar surface area (TPSA) is 111 Å². The molecule has 25 heavy (non-hydrogen) atoms. The normalized spacial score (nSPS) is 11.0. The molecule has 0 fully saturated rings. The molecule has 7 nitrogen and oxygen atoms in total. The second-order valence-electron chi connectivity index (χ2n) is 4.84. The monoisotopic (exact) mass is 403 g/mol. The highest BCUT2D eigenvalue weighted by Gasteiger charge is 2.05. The summed E-state index contributed by atoms with van der Waals surface area (Å²) in [6.07, 6.45) is 4.04. The number of aromatic hydroxyl groups is 1. The van der Waals surface area contributed by atoms with Gasteiger partial charge in [-0.15, -0.1) is 0 Å². The summed E-state index contributed by atoms with van der Waals surface area (Å²) in [5.41, 5.74) is 5.53. The van der Waals surface area contributed by atoms with Crippen molar-refractivity contribution in [2.45, 2.75) is 0 Å². The number of carbonyl (C=O) groups is 2. The number of hydrazone groups is 1. The second kappa shape index (κ2) is 8.76. The van der Waals surface area contributed by atoms with Gasteiger partial charge in [0.1, 0.15) is 5.75 Å². The van der Waals surface area contributed by atoms with E-state index < -0.39 is 11.8 Å². The Morgan fingerprint density at radius 2 is 1.96 bits per heavy atom. The van der Waals surface area contributed by atoms with Crippen LogP contribution in [0.25, 0.3) is 6.08 Å². The third-order valence-electron chi connectivity index (χ3n) is 3.04. The molecule has 0 heterocycles. The van der Waals surface area contributed by atoms with Gasteiger partial charge in [-0.25, -0.2) is 10.9 Å². The summed E-state index contributed by atoms with van der Waals surface area (Å²) >= 11 is 3.28. The molecule has 0 aliphatic heterocycles. The van der Waals surface area contributed by atoms with E-state index in [2.05, 4.69) is 26.5 Å². The lowest BCUT2D eigenvalue weighted by Gasteiger charge is -2.02. The summed E-state index contributed by atoms with van der Waals surface area (Å²) in [6.45, 7) is 0. The molecule has 0 aliphatic rings. The van der Waals surface area contributed by atoms with Crippen molar-refractivity contribution in [3.8, 4) is 5.75 Å². The van der Waals surface area contributed by atoms with E-state index in [1.807, 2.05) is 0 Å². The molecule has 2 amide bonds. The Labute approximate surface area is 151 Å². The average molecular weight is 404 g/mol. The Hall–Kier alpha value is -2.97. The number of rotatable bonds is 5. The van der Waals surface area contributed by atoms with Crippen molar-refractivity contribution >= 4 is 40.0 Å². The Kier molecular flexibility index (Phi) is 6.44. The van der Waals surface area contributed by atoms with Crippen molar-refractivity contribution in [3.63, 3.8) is 0 Å². The standard InChI is InChI=1S/C17H14BrN3O4/c18-15-9-14(22)6-5-13(15)10-19-20-17(24)12-3-1-2-11(8-12)4-7-16(23)21-25/h1-10,22,25H,(H,20,24)(H,21,23)/b7-4+,19-10+. The highest BCUT2D eigenvalue weighted by atomic mass is 79.9. The summed E-state index contributed by atoms with van der Waals surface area (Å²) < 4.78 is 0.639. The Morgan fingerprint density at radius 1 is 1.16 bits per heavy atom. The minimum Gasteiger partial charge on any atom is -0.508 e. The first-order valence-electron chi connectivity index (χ1n) is 7.04. The van der Waals surface area contributed by atoms with E-state index in [4.69, 9.17) is 5.21 Å². The minimum absolute atomic E-state index is 0.118. The highest BCUT2D eigenvalue weighted by molar-refractivity contribution is 9.10. The zero-order valence-electron chi connectivity index (χ0n) is 12.8. The van der Waals surface area contributed by atoms with Crippen molar-refractivity contribution < 1.29 is 19.9 Å². The number of hydrogen-bond acceptors (Lipinski definition) is 5. The van der Waals surface area contributed by atoms with Crippen molar-refractivity contribution in [2.75, 3.05) is 0 Å². The van der Waals surface area contributed by atoms with Crippen LogP contribution in [-0.2, 0) is 4.79 Å². The van der Waals surface area contributed by atoms with E-state index in [-0.39, 0.29) is 5.75 Å². The molecule has 0 spiro atoms. The molecule has 0 unspecified atom stereocenters. The summed E-state index contributed by atoms with van der Waals surface area (Å²) in [7, 11) is 0. The van der Waals surface area contributed by atoms with E-state index in [9.17, 15) is 14.7 Å². The predicted molar refractivity (Wildman–Crippen MR) is 96.3 cm³/mol. The van der Waals surface area contributed by atoms with Crippen LogP contribution in [0.3, 0.4) is 0 Å². The average Bonchev–Trinajstić information content (AvgIpc) is 2.61. The number of nitrogens with zero attached hydrogens (tertiary/aromatic N) is 1. The molecule has 4 N–H and O–H groups in total. The van der Waals surface area contributed by atoms with Gasteiger partial charge in [0.25, 0.3) is 11.8 Å². The SMILES string of the molecule is O=C(/C=C/c1cccc(C(=O)N/N=C/c2ccc(O)cc2Br)c1)NO. The van der Waals surface area contributed by atoms with E-state index >= 15 is 0 Å². The first kappa shape index (κ1) is 18.4. The molecule has 2 aromatic carbocycles. The molecular formula is C17H14BrN3O4. The third-order valence-corrected chi connectivity index (χ3v) is 3.73. The Balaban J connectivity index is 2.04. The van der Waals surface area contributed by atoms with Gasteiger partial charge in [0.15, 0.2) is 0 Å². The second-order valence-corrected chi connectivity index (χ2v) is 5.69. The van der Waals surface area contributed by atoms with Crippen LogP contribution in [0.1, 0.15) is 21.5 Å². The number of phenolic OH excluding ortho intramolecular Hbond substituents is 1. The van der Waals surface area contributed by atoms with Crippen LogP contribution in [0.4, 0.5) is 0 Å². The van der Waals surface area contributed by atoms with Crippen LogP contribution in [0.5, 0.6) is 5.75 Å². The number of nitrogens with one attached hydrogen (secondary N) is 2. The zero-order valence-corrected chi connectivity index (χ0v) is 14.4. The van der Waals surface area contributed by atoms with Crippen molar-refractivity contribution in [1.82, 2.24) is 10.9 Å². The first-order valence-corrected chi connectivity index (χ1v) is 7.83. The molecule has 128 valence electrons. The molecule has 0 radical (unpaired) electrons. The quantitative estimate of drug-likeness (QED) is 0.266. The van der Waals surface area contributed by atoms with E-state index in [1.54, 1.807) is 30.3 Å². The lowest BCUT2D eigenvalue weighted by molar-refractivity contribution is -0.124. The van der Waals surface area contributed by atoms with Gasteiger partial charge >= 0.3 is 0 Å². The predicted octanol–water partition coefficient (Wildman–Crippen LogP) is 2.44. The maximum atomic E-state index is 12.1.